The molecule has 0 aromatic heterocycles. The molecule has 0 aliphatic heterocycles. The highest BCUT2D eigenvalue weighted by atomic mass is 16.2. The van der Waals surface area contributed by atoms with E-state index < -0.39 is 0 Å². The number of rotatable bonds is 4. The van der Waals surface area contributed by atoms with Crippen molar-refractivity contribution in [2.45, 2.75) is 12.8 Å². The third-order valence-corrected chi connectivity index (χ3v) is 2.22. The molecule has 1 rings (SSSR count). The number of azide groups is 1. The number of nitrogens with zero attached hydrogens (tertiary/aromatic N) is 4. The molecule has 0 N–H and O–H groups in total. The van der Waals surface area contributed by atoms with E-state index >= 15 is 0 Å². The molecule has 1 amide bonds. The van der Waals surface area contributed by atoms with Crippen LogP contribution in [0.1, 0.15) is 12.0 Å². The molecule has 0 saturated heterocycles. The molecule has 0 unspecified atom stereocenters. The van der Waals surface area contributed by atoms with Crippen molar-refractivity contribution in [1.82, 2.24) is 4.90 Å². The van der Waals surface area contributed by atoms with Crippen molar-refractivity contribution < 1.29 is 4.79 Å². The van der Waals surface area contributed by atoms with Crippen LogP contribution in [0.4, 0.5) is 5.69 Å². The number of carbonyl (C=O) groups is 1. The zero-order valence-electron chi connectivity index (χ0n) is 9.42. The van der Waals surface area contributed by atoms with Gasteiger partial charge in [0.1, 0.15) is 0 Å². The predicted octanol–water partition coefficient (Wildman–Crippen LogP) is 2.65. The number of aryl methyl sites for hydroxylation is 1. The number of hydrogen-bond donors (Lipinski definition) is 0. The SMILES string of the molecule is CN(C)C(=O)CCc1ccc(N=[N+]=[N-])cc1. The van der Waals surface area contributed by atoms with Crippen LogP contribution in [0.3, 0.4) is 0 Å². The normalized spacial score (nSPS) is 9.38. The Labute approximate surface area is 94.3 Å². The lowest BCUT2D eigenvalue weighted by Gasteiger charge is -2.09. The molecule has 1 aromatic rings. The highest BCUT2D eigenvalue weighted by Gasteiger charge is 2.03. The summed E-state index contributed by atoms with van der Waals surface area (Å²) in [5.74, 6) is 0.110. The lowest BCUT2D eigenvalue weighted by atomic mass is 10.1. The molecule has 0 fully saturated rings. The Bertz CT molecular complexity index is 404. The summed E-state index contributed by atoms with van der Waals surface area (Å²) in [5, 5.41) is 3.48. The van der Waals surface area contributed by atoms with Crippen molar-refractivity contribution in [3.63, 3.8) is 0 Å². The van der Waals surface area contributed by atoms with Gasteiger partial charge in [-0.05, 0) is 17.5 Å². The average Bonchev–Trinajstić information content (AvgIpc) is 2.28. The summed E-state index contributed by atoms with van der Waals surface area (Å²) in [5.41, 5.74) is 9.88. The Morgan fingerprint density at radius 3 is 2.50 bits per heavy atom. The fourth-order valence-electron chi connectivity index (χ4n) is 1.26. The average molecular weight is 218 g/mol. The molecule has 0 spiro atoms. The minimum absolute atomic E-state index is 0.110. The van der Waals surface area contributed by atoms with E-state index in [0.717, 1.165) is 5.56 Å². The van der Waals surface area contributed by atoms with Gasteiger partial charge in [0, 0.05) is 31.1 Å². The molecular formula is C11H14N4O. The lowest BCUT2D eigenvalue weighted by Crippen LogP contribution is -2.21. The molecule has 0 aliphatic carbocycles. The van der Waals surface area contributed by atoms with E-state index in [1.54, 1.807) is 31.1 Å². The Morgan fingerprint density at radius 1 is 1.38 bits per heavy atom. The zero-order valence-corrected chi connectivity index (χ0v) is 9.42. The Balaban J connectivity index is 2.55. The molecule has 16 heavy (non-hydrogen) atoms. The van der Waals surface area contributed by atoms with Gasteiger partial charge in [0.05, 0.1) is 0 Å². The van der Waals surface area contributed by atoms with E-state index in [9.17, 15) is 4.79 Å². The number of carbonyl (C=O) groups excluding carboxylic acids is 1. The molecule has 84 valence electrons. The zero-order chi connectivity index (χ0) is 12.0. The van der Waals surface area contributed by atoms with E-state index in [-0.39, 0.29) is 5.91 Å². The standard InChI is InChI=1S/C11H14N4O/c1-15(2)11(16)8-5-9-3-6-10(7-4-9)13-14-12/h3-4,6-7H,5,8H2,1-2H3. The van der Waals surface area contributed by atoms with Crippen LogP contribution in [-0.4, -0.2) is 24.9 Å². The van der Waals surface area contributed by atoms with Gasteiger partial charge in [-0.1, -0.05) is 29.4 Å². The molecule has 0 heterocycles. The predicted molar refractivity (Wildman–Crippen MR) is 62.3 cm³/mol. The van der Waals surface area contributed by atoms with Gasteiger partial charge in [-0.15, -0.1) is 0 Å². The monoisotopic (exact) mass is 218 g/mol. The van der Waals surface area contributed by atoms with E-state index in [1.807, 2.05) is 12.1 Å². The summed E-state index contributed by atoms with van der Waals surface area (Å²) in [6, 6.07) is 7.23. The number of amides is 1. The quantitative estimate of drug-likeness (QED) is 0.435. The highest BCUT2D eigenvalue weighted by molar-refractivity contribution is 5.75. The first-order valence-electron chi connectivity index (χ1n) is 4.97. The van der Waals surface area contributed by atoms with Crippen molar-refractivity contribution in [3.05, 3.63) is 40.3 Å². The van der Waals surface area contributed by atoms with E-state index in [0.29, 0.717) is 18.5 Å². The van der Waals surface area contributed by atoms with Crippen molar-refractivity contribution in [3.8, 4) is 0 Å². The van der Waals surface area contributed by atoms with Crippen LogP contribution < -0.4 is 0 Å². The first-order valence-corrected chi connectivity index (χ1v) is 4.97. The van der Waals surface area contributed by atoms with Crippen LogP contribution in [0.2, 0.25) is 0 Å². The molecule has 5 nitrogen and oxygen atoms in total. The largest absolute Gasteiger partial charge is 0.349 e. The summed E-state index contributed by atoms with van der Waals surface area (Å²) in [6.07, 6.45) is 1.20. The fraction of sp³-hybridized carbons (Fsp3) is 0.364. The minimum Gasteiger partial charge on any atom is -0.349 e. The van der Waals surface area contributed by atoms with Crippen molar-refractivity contribution >= 4 is 11.6 Å². The van der Waals surface area contributed by atoms with Gasteiger partial charge in [0.15, 0.2) is 0 Å². The van der Waals surface area contributed by atoms with E-state index in [4.69, 9.17) is 5.53 Å². The first kappa shape index (κ1) is 12.1. The van der Waals surface area contributed by atoms with E-state index in [1.165, 1.54) is 0 Å². The molecule has 0 atom stereocenters. The molecule has 5 heteroatoms. The minimum atomic E-state index is 0.110. The van der Waals surface area contributed by atoms with Gasteiger partial charge in [-0.2, -0.15) is 0 Å². The topological polar surface area (TPSA) is 69.1 Å². The molecule has 0 bridgehead atoms. The van der Waals surface area contributed by atoms with E-state index in [2.05, 4.69) is 10.0 Å². The van der Waals surface area contributed by atoms with Gasteiger partial charge in [-0.25, -0.2) is 0 Å². The first-order chi connectivity index (χ1) is 7.63. The second-order valence-electron chi connectivity index (χ2n) is 3.64. The smallest absolute Gasteiger partial charge is 0.222 e. The maximum absolute atomic E-state index is 11.3. The van der Waals surface area contributed by atoms with Gasteiger partial charge in [0.2, 0.25) is 5.91 Å². The van der Waals surface area contributed by atoms with Crippen LogP contribution in [0, 0.1) is 0 Å². The third-order valence-electron chi connectivity index (χ3n) is 2.22. The molecule has 0 radical (unpaired) electrons. The summed E-state index contributed by atoms with van der Waals surface area (Å²) < 4.78 is 0. The second-order valence-corrected chi connectivity index (χ2v) is 3.64. The summed E-state index contributed by atoms with van der Waals surface area (Å²) in [7, 11) is 3.49. The van der Waals surface area contributed by atoms with Crippen LogP contribution in [0.5, 0.6) is 0 Å². The number of hydrogen-bond acceptors (Lipinski definition) is 2. The van der Waals surface area contributed by atoms with Crippen LogP contribution >= 0.6 is 0 Å². The summed E-state index contributed by atoms with van der Waals surface area (Å²) in [4.78, 5) is 15.6. The Kier molecular flexibility index (Phi) is 4.36. The molecule has 0 saturated carbocycles. The van der Waals surface area contributed by atoms with Gasteiger partial charge < -0.3 is 4.90 Å². The molecule has 1 aromatic carbocycles. The van der Waals surface area contributed by atoms with Gasteiger partial charge in [-0.3, -0.25) is 4.79 Å². The van der Waals surface area contributed by atoms with Crippen LogP contribution in [0.25, 0.3) is 10.4 Å². The summed E-state index contributed by atoms with van der Waals surface area (Å²) >= 11 is 0. The fourth-order valence-corrected chi connectivity index (χ4v) is 1.26. The highest BCUT2D eigenvalue weighted by Crippen LogP contribution is 2.14. The van der Waals surface area contributed by atoms with Gasteiger partial charge in [0.25, 0.3) is 0 Å². The van der Waals surface area contributed by atoms with Crippen LogP contribution in [-0.2, 0) is 11.2 Å². The van der Waals surface area contributed by atoms with Crippen molar-refractivity contribution in [2.24, 2.45) is 5.11 Å². The lowest BCUT2D eigenvalue weighted by molar-refractivity contribution is -0.128. The molecule has 0 aliphatic rings. The Hall–Kier alpha value is -2.00. The Morgan fingerprint density at radius 2 is 2.00 bits per heavy atom. The third kappa shape index (κ3) is 3.63. The van der Waals surface area contributed by atoms with Crippen molar-refractivity contribution in [2.75, 3.05) is 14.1 Å². The maximum Gasteiger partial charge on any atom is 0.222 e. The van der Waals surface area contributed by atoms with Gasteiger partial charge >= 0.3 is 0 Å². The molecular weight excluding hydrogens is 204 g/mol. The summed E-state index contributed by atoms with van der Waals surface area (Å²) in [6.45, 7) is 0. The van der Waals surface area contributed by atoms with Crippen LogP contribution in [0.15, 0.2) is 29.4 Å². The van der Waals surface area contributed by atoms with Crippen molar-refractivity contribution in [1.29, 1.82) is 0 Å². The number of benzene rings is 1. The second kappa shape index (κ2) is 5.78. The maximum atomic E-state index is 11.3.